The molecule has 0 aliphatic heterocycles. The number of nitrogens with zero attached hydrogens (tertiary/aromatic N) is 1. The number of guanidine groups is 1. The van der Waals surface area contributed by atoms with Crippen LogP contribution in [0.3, 0.4) is 0 Å². The van der Waals surface area contributed by atoms with Crippen molar-refractivity contribution in [3.8, 4) is 11.5 Å². The summed E-state index contributed by atoms with van der Waals surface area (Å²) < 4.78 is 11.3. The highest BCUT2D eigenvalue weighted by Crippen LogP contribution is 2.26. The zero-order valence-corrected chi connectivity index (χ0v) is 18.9. The van der Waals surface area contributed by atoms with E-state index in [2.05, 4.69) is 20.9 Å². The van der Waals surface area contributed by atoms with Crippen molar-refractivity contribution in [1.29, 1.82) is 0 Å². The summed E-state index contributed by atoms with van der Waals surface area (Å²) >= 11 is 0. The van der Waals surface area contributed by atoms with Gasteiger partial charge in [0.2, 0.25) is 0 Å². The third kappa shape index (κ3) is 8.20. The minimum Gasteiger partial charge on any atom is -0.493 e. The summed E-state index contributed by atoms with van der Waals surface area (Å²) in [5.41, 5.74) is 1.62. The van der Waals surface area contributed by atoms with Crippen LogP contribution < -0.4 is 25.4 Å². The molecule has 0 spiro atoms. The molecule has 0 saturated carbocycles. The van der Waals surface area contributed by atoms with Gasteiger partial charge >= 0.3 is 0 Å². The molecule has 31 heavy (non-hydrogen) atoms. The second-order valence-corrected chi connectivity index (χ2v) is 7.11. The molecule has 0 fully saturated rings. The maximum absolute atomic E-state index is 12.2. The molecule has 0 heterocycles. The second kappa shape index (κ2) is 13.2. The van der Waals surface area contributed by atoms with E-state index in [4.69, 9.17) is 9.47 Å². The zero-order valence-electron chi connectivity index (χ0n) is 18.9. The molecule has 1 amide bonds. The van der Waals surface area contributed by atoms with Gasteiger partial charge in [-0.25, -0.2) is 4.99 Å². The maximum Gasteiger partial charge on any atom is 0.251 e. The van der Waals surface area contributed by atoms with Crippen LogP contribution in [0, 0.1) is 0 Å². The molecule has 2 aromatic carbocycles. The molecule has 2 rings (SSSR count). The van der Waals surface area contributed by atoms with Crippen LogP contribution in [-0.4, -0.2) is 44.7 Å². The Morgan fingerprint density at radius 3 is 2.52 bits per heavy atom. The Kier molecular flexibility index (Phi) is 10.2. The van der Waals surface area contributed by atoms with E-state index < -0.39 is 0 Å². The summed E-state index contributed by atoms with van der Waals surface area (Å²) in [5.74, 6) is 2.05. The van der Waals surface area contributed by atoms with Crippen molar-refractivity contribution in [2.24, 2.45) is 4.99 Å². The molecule has 7 heteroatoms. The van der Waals surface area contributed by atoms with Crippen LogP contribution in [0.25, 0.3) is 0 Å². The molecule has 1 atom stereocenters. The number of carbonyl (C=O) groups excluding carboxylic acids is 1. The third-order valence-electron chi connectivity index (χ3n) is 4.44. The lowest BCUT2D eigenvalue weighted by Crippen LogP contribution is -2.41. The molecular weight excluding hydrogens is 392 g/mol. The second-order valence-electron chi connectivity index (χ2n) is 7.11. The van der Waals surface area contributed by atoms with Crippen molar-refractivity contribution in [3.05, 3.63) is 59.7 Å². The van der Waals surface area contributed by atoms with E-state index >= 15 is 0 Å². The minimum atomic E-state index is -0.0919. The van der Waals surface area contributed by atoms with E-state index in [1.54, 1.807) is 7.11 Å². The fourth-order valence-electron chi connectivity index (χ4n) is 2.88. The van der Waals surface area contributed by atoms with E-state index in [0.717, 1.165) is 18.5 Å². The van der Waals surface area contributed by atoms with Gasteiger partial charge in [0.15, 0.2) is 17.5 Å². The molecular formula is C24H34N4O3. The standard InChI is InChI=1S/C24H34N4O3/c1-5-14-26-23(29)20-11-9-10-19(15-20)17-28-24(25-6-2)27-16-18(3)31-22-13-8-7-12-21(22)30-4/h7-13,15,18H,5-6,14,16-17H2,1-4H3,(H,26,29)(H2,25,27,28). The Morgan fingerprint density at radius 1 is 1.03 bits per heavy atom. The highest BCUT2D eigenvalue weighted by atomic mass is 16.5. The first-order valence-electron chi connectivity index (χ1n) is 10.8. The fourth-order valence-corrected chi connectivity index (χ4v) is 2.88. The maximum atomic E-state index is 12.2. The first kappa shape index (κ1) is 24.1. The Morgan fingerprint density at radius 2 is 1.81 bits per heavy atom. The molecule has 0 bridgehead atoms. The number of methoxy groups -OCH3 is 1. The van der Waals surface area contributed by atoms with Gasteiger partial charge in [0.1, 0.15) is 6.10 Å². The number of rotatable bonds is 11. The predicted octanol–water partition coefficient (Wildman–Crippen LogP) is 3.36. The first-order valence-corrected chi connectivity index (χ1v) is 10.8. The topological polar surface area (TPSA) is 84.0 Å². The molecule has 1 unspecified atom stereocenters. The number of hydrogen-bond acceptors (Lipinski definition) is 4. The lowest BCUT2D eigenvalue weighted by atomic mass is 10.1. The summed E-state index contributed by atoms with van der Waals surface area (Å²) in [5, 5.41) is 9.45. The Labute approximate surface area is 185 Å². The molecule has 0 aliphatic rings. The zero-order chi connectivity index (χ0) is 22.5. The van der Waals surface area contributed by atoms with Crippen LogP contribution in [0.2, 0.25) is 0 Å². The summed E-state index contributed by atoms with van der Waals surface area (Å²) in [7, 11) is 1.63. The van der Waals surface area contributed by atoms with Gasteiger partial charge in [0, 0.05) is 18.7 Å². The minimum absolute atomic E-state index is 0.0555. The molecule has 2 aromatic rings. The van der Waals surface area contributed by atoms with Gasteiger partial charge in [-0.15, -0.1) is 0 Å². The normalized spacial score (nSPS) is 12.1. The lowest BCUT2D eigenvalue weighted by Gasteiger charge is -2.19. The van der Waals surface area contributed by atoms with E-state index in [1.165, 1.54) is 0 Å². The first-order chi connectivity index (χ1) is 15.1. The monoisotopic (exact) mass is 426 g/mol. The van der Waals surface area contributed by atoms with E-state index in [-0.39, 0.29) is 12.0 Å². The van der Waals surface area contributed by atoms with Gasteiger partial charge in [-0.1, -0.05) is 31.2 Å². The van der Waals surface area contributed by atoms with Gasteiger partial charge < -0.3 is 25.4 Å². The average molecular weight is 427 g/mol. The number of ether oxygens (including phenoxy) is 2. The number of amides is 1. The fraction of sp³-hybridized carbons (Fsp3) is 0.417. The Balaban J connectivity index is 1.95. The van der Waals surface area contributed by atoms with Gasteiger partial charge in [-0.3, -0.25) is 4.79 Å². The number of hydrogen-bond donors (Lipinski definition) is 3. The van der Waals surface area contributed by atoms with Crippen LogP contribution in [0.15, 0.2) is 53.5 Å². The summed E-state index contributed by atoms with van der Waals surface area (Å²) in [6.45, 7) is 8.49. The molecule has 3 N–H and O–H groups in total. The van der Waals surface area contributed by atoms with Gasteiger partial charge in [-0.05, 0) is 50.1 Å². The van der Waals surface area contributed by atoms with Crippen molar-refractivity contribution in [1.82, 2.24) is 16.0 Å². The van der Waals surface area contributed by atoms with Crippen molar-refractivity contribution >= 4 is 11.9 Å². The van der Waals surface area contributed by atoms with Crippen LogP contribution in [-0.2, 0) is 6.54 Å². The molecule has 0 aromatic heterocycles. The van der Waals surface area contributed by atoms with Crippen LogP contribution in [0.5, 0.6) is 11.5 Å². The van der Waals surface area contributed by atoms with E-state index in [1.807, 2.05) is 69.3 Å². The average Bonchev–Trinajstić information content (AvgIpc) is 2.79. The Hall–Kier alpha value is -3.22. The van der Waals surface area contributed by atoms with Crippen molar-refractivity contribution < 1.29 is 14.3 Å². The highest BCUT2D eigenvalue weighted by molar-refractivity contribution is 5.94. The van der Waals surface area contributed by atoms with Crippen molar-refractivity contribution in [2.45, 2.75) is 39.8 Å². The molecule has 168 valence electrons. The van der Waals surface area contributed by atoms with Crippen molar-refractivity contribution in [2.75, 3.05) is 26.7 Å². The molecule has 0 saturated heterocycles. The van der Waals surface area contributed by atoms with Crippen molar-refractivity contribution in [3.63, 3.8) is 0 Å². The molecule has 0 aliphatic carbocycles. The number of aliphatic imine (C=N–C) groups is 1. The largest absolute Gasteiger partial charge is 0.493 e. The predicted molar refractivity (Wildman–Crippen MR) is 125 cm³/mol. The number of carbonyl (C=O) groups is 1. The van der Waals surface area contributed by atoms with Gasteiger partial charge in [0.05, 0.1) is 20.2 Å². The number of nitrogens with one attached hydrogen (secondary N) is 3. The summed E-state index contributed by atoms with van der Waals surface area (Å²) in [4.78, 5) is 16.8. The quantitative estimate of drug-likeness (QED) is 0.379. The summed E-state index contributed by atoms with van der Waals surface area (Å²) in [6.07, 6.45) is 0.817. The van der Waals surface area contributed by atoms with Gasteiger partial charge in [0.25, 0.3) is 5.91 Å². The van der Waals surface area contributed by atoms with Gasteiger partial charge in [-0.2, -0.15) is 0 Å². The molecule has 7 nitrogen and oxygen atoms in total. The lowest BCUT2D eigenvalue weighted by molar-refractivity contribution is 0.0953. The number of benzene rings is 2. The van der Waals surface area contributed by atoms with E-state index in [9.17, 15) is 4.79 Å². The van der Waals surface area contributed by atoms with E-state index in [0.29, 0.717) is 42.7 Å². The SMILES string of the molecule is CCCNC(=O)c1cccc(CN=C(NCC)NCC(C)Oc2ccccc2OC)c1. The number of para-hydroxylation sites is 2. The smallest absolute Gasteiger partial charge is 0.251 e. The van der Waals surface area contributed by atoms with Crippen LogP contribution in [0.1, 0.15) is 43.1 Å². The molecule has 0 radical (unpaired) electrons. The van der Waals surface area contributed by atoms with Crippen LogP contribution in [0.4, 0.5) is 0 Å². The highest BCUT2D eigenvalue weighted by Gasteiger charge is 2.10. The summed E-state index contributed by atoms with van der Waals surface area (Å²) in [6, 6.07) is 15.1. The Bertz CT molecular complexity index is 854. The van der Waals surface area contributed by atoms with Crippen LogP contribution >= 0.6 is 0 Å². The third-order valence-corrected chi connectivity index (χ3v) is 4.44.